The van der Waals surface area contributed by atoms with E-state index in [0.29, 0.717) is 0 Å². The van der Waals surface area contributed by atoms with E-state index in [1.54, 1.807) is 18.4 Å². The number of benzene rings is 2. The molecule has 2 atom stereocenters. The number of hydrogen-bond acceptors (Lipinski definition) is 4. The van der Waals surface area contributed by atoms with Crippen LogP contribution in [0.15, 0.2) is 63.9 Å². The third kappa shape index (κ3) is 3.78. The Kier molecular flexibility index (Phi) is 5.42. The molecule has 0 saturated heterocycles. The maximum absolute atomic E-state index is 12.4. The van der Waals surface area contributed by atoms with Crippen LogP contribution in [0.2, 0.25) is 0 Å². The van der Waals surface area contributed by atoms with Crippen LogP contribution in [0.25, 0.3) is 22.2 Å². The minimum absolute atomic E-state index is 0.128. The minimum atomic E-state index is -0.306. The molecule has 4 aromatic rings. The lowest BCUT2D eigenvalue weighted by molar-refractivity contribution is 0.242. The summed E-state index contributed by atoms with van der Waals surface area (Å²) in [5, 5.41) is 7.28. The Morgan fingerprint density at radius 2 is 1.97 bits per heavy atom. The molecule has 33 heavy (non-hydrogen) atoms. The number of nitrogens with one attached hydrogen (secondary N) is 1. The first-order valence-electron chi connectivity index (χ1n) is 10.8. The van der Waals surface area contributed by atoms with Gasteiger partial charge in [-0.15, -0.1) is 11.3 Å². The first-order chi connectivity index (χ1) is 16.0. The molecule has 0 fully saturated rings. The van der Waals surface area contributed by atoms with Crippen molar-refractivity contribution in [2.45, 2.75) is 25.8 Å². The lowest BCUT2D eigenvalue weighted by Crippen LogP contribution is -2.39. The van der Waals surface area contributed by atoms with Crippen molar-refractivity contribution in [2.24, 2.45) is 17.0 Å². The van der Waals surface area contributed by atoms with Gasteiger partial charge in [0.15, 0.2) is 0 Å². The number of nitrogens with zero attached hydrogens (tertiary/aromatic N) is 4. The second-order valence-corrected chi connectivity index (χ2v) is 9.27. The highest BCUT2D eigenvalue weighted by molar-refractivity contribution is 7.10. The third-order valence-corrected chi connectivity index (χ3v) is 7.17. The van der Waals surface area contributed by atoms with Crippen molar-refractivity contribution in [3.8, 4) is 11.3 Å². The van der Waals surface area contributed by atoms with E-state index in [1.807, 2.05) is 32.3 Å². The van der Waals surface area contributed by atoms with Crippen molar-refractivity contribution in [3.63, 3.8) is 0 Å². The van der Waals surface area contributed by atoms with Gasteiger partial charge in [0, 0.05) is 48.2 Å². The van der Waals surface area contributed by atoms with Gasteiger partial charge in [-0.05, 0) is 48.6 Å². The number of aromatic nitrogens is 2. The molecule has 5 rings (SSSR count). The lowest BCUT2D eigenvalue weighted by Gasteiger charge is -2.30. The Bertz CT molecular complexity index is 1430. The zero-order chi connectivity index (χ0) is 23.1. The number of carbonyl (C=O) groups excluding carboxylic acids is 1. The van der Waals surface area contributed by atoms with Crippen molar-refractivity contribution in [1.82, 2.24) is 14.9 Å². The Hall–Kier alpha value is -3.58. The standard InChI is InChI=1S/C26H25N5OS/c1-15-11-17(13-27-3)9-10-19(15)20-14-33-25(29-20)23-16(2)28-26(32)30-24(23)22-12-18-7-5-6-8-21(18)31(22)4/h5-14,23-24H,1-4H3,(H,30,32). The molecule has 7 heteroatoms. The monoisotopic (exact) mass is 455 g/mol. The van der Waals surface area contributed by atoms with E-state index >= 15 is 0 Å². The summed E-state index contributed by atoms with van der Waals surface area (Å²) in [5.41, 5.74) is 7.21. The minimum Gasteiger partial charge on any atom is -0.346 e. The Labute approximate surface area is 196 Å². The molecule has 1 aliphatic rings. The molecule has 166 valence electrons. The van der Waals surface area contributed by atoms with Crippen LogP contribution in [0.1, 0.15) is 40.7 Å². The highest BCUT2D eigenvalue weighted by Gasteiger charge is 2.36. The number of para-hydroxylation sites is 1. The quantitative estimate of drug-likeness (QED) is 0.403. The zero-order valence-electron chi connectivity index (χ0n) is 19.0. The molecule has 0 spiro atoms. The Morgan fingerprint density at radius 1 is 1.15 bits per heavy atom. The van der Waals surface area contributed by atoms with Crippen molar-refractivity contribution in [1.29, 1.82) is 0 Å². The van der Waals surface area contributed by atoms with Crippen LogP contribution in [-0.2, 0) is 7.05 Å². The summed E-state index contributed by atoms with van der Waals surface area (Å²) < 4.78 is 2.15. The molecule has 1 N–H and O–H groups in total. The molecule has 0 saturated carbocycles. The number of hydrogen-bond donors (Lipinski definition) is 1. The SMILES string of the molecule is CN=Cc1ccc(-c2csc(C3C(C)=NC(=O)NC3c3cc4ccccc4n3C)n2)c(C)c1. The number of amides is 2. The highest BCUT2D eigenvalue weighted by Crippen LogP contribution is 2.39. The molecule has 2 unspecified atom stereocenters. The molecular weight excluding hydrogens is 430 g/mol. The van der Waals surface area contributed by atoms with Crippen LogP contribution < -0.4 is 5.32 Å². The molecule has 0 aliphatic carbocycles. The van der Waals surface area contributed by atoms with Gasteiger partial charge in [-0.1, -0.05) is 30.3 Å². The summed E-state index contributed by atoms with van der Waals surface area (Å²) >= 11 is 1.61. The number of aryl methyl sites for hydroxylation is 2. The first kappa shape index (κ1) is 21.3. The summed E-state index contributed by atoms with van der Waals surface area (Å²) in [6, 6.07) is 16.1. The molecule has 0 bridgehead atoms. The van der Waals surface area contributed by atoms with Gasteiger partial charge < -0.3 is 9.88 Å². The van der Waals surface area contributed by atoms with Gasteiger partial charge in [-0.3, -0.25) is 4.99 Å². The maximum atomic E-state index is 12.4. The van der Waals surface area contributed by atoms with E-state index in [4.69, 9.17) is 4.98 Å². The fourth-order valence-electron chi connectivity index (χ4n) is 4.65. The van der Waals surface area contributed by atoms with E-state index in [1.165, 1.54) is 0 Å². The first-order valence-corrected chi connectivity index (χ1v) is 11.7. The normalized spacial score (nSPS) is 18.7. The van der Waals surface area contributed by atoms with Gasteiger partial charge in [0.2, 0.25) is 0 Å². The van der Waals surface area contributed by atoms with Crippen LogP contribution in [0.5, 0.6) is 0 Å². The number of fused-ring (bicyclic) bond motifs is 1. The van der Waals surface area contributed by atoms with Crippen molar-refractivity contribution in [3.05, 3.63) is 75.7 Å². The molecule has 3 heterocycles. The maximum Gasteiger partial charge on any atom is 0.341 e. The van der Waals surface area contributed by atoms with Gasteiger partial charge in [-0.25, -0.2) is 14.8 Å². The Morgan fingerprint density at radius 3 is 2.73 bits per heavy atom. The fourth-order valence-corrected chi connectivity index (χ4v) is 5.67. The molecule has 2 aromatic carbocycles. The number of carbonyl (C=O) groups is 1. The van der Waals surface area contributed by atoms with Crippen molar-refractivity contribution < 1.29 is 4.79 Å². The van der Waals surface area contributed by atoms with Crippen molar-refractivity contribution >= 4 is 40.2 Å². The lowest BCUT2D eigenvalue weighted by atomic mass is 9.91. The number of aliphatic imine (C=N–C) groups is 2. The molecule has 2 amide bonds. The van der Waals surface area contributed by atoms with Crippen LogP contribution in [-0.4, -0.2) is 34.6 Å². The molecular formula is C26H25N5OS. The largest absolute Gasteiger partial charge is 0.346 e. The van der Waals surface area contributed by atoms with Crippen molar-refractivity contribution in [2.75, 3.05) is 7.05 Å². The average Bonchev–Trinajstić information content (AvgIpc) is 3.39. The summed E-state index contributed by atoms with van der Waals surface area (Å²) in [4.78, 5) is 25.7. The van der Waals surface area contributed by atoms with Crippen LogP contribution in [0, 0.1) is 6.92 Å². The zero-order valence-corrected chi connectivity index (χ0v) is 19.9. The van der Waals surface area contributed by atoms with Gasteiger partial charge in [0.05, 0.1) is 17.7 Å². The summed E-state index contributed by atoms with van der Waals surface area (Å²) in [7, 11) is 3.81. The second kappa shape index (κ2) is 8.41. The molecule has 1 aliphatic heterocycles. The molecule has 0 radical (unpaired) electrons. The molecule has 2 aromatic heterocycles. The number of urea groups is 1. The van der Waals surface area contributed by atoms with Crippen LogP contribution >= 0.6 is 11.3 Å². The smallest absolute Gasteiger partial charge is 0.341 e. The van der Waals surface area contributed by atoms with Crippen LogP contribution in [0.4, 0.5) is 4.79 Å². The molecule has 6 nitrogen and oxygen atoms in total. The van der Waals surface area contributed by atoms with E-state index in [2.05, 4.69) is 68.6 Å². The number of thiazole rings is 1. The average molecular weight is 456 g/mol. The van der Waals surface area contributed by atoms with E-state index in [-0.39, 0.29) is 18.0 Å². The number of rotatable bonds is 4. The van der Waals surface area contributed by atoms with Gasteiger partial charge in [-0.2, -0.15) is 0 Å². The Balaban J connectivity index is 1.57. The van der Waals surface area contributed by atoms with Gasteiger partial charge in [0.1, 0.15) is 5.01 Å². The second-order valence-electron chi connectivity index (χ2n) is 8.38. The van der Waals surface area contributed by atoms with E-state index in [0.717, 1.165) is 49.7 Å². The topological polar surface area (TPSA) is 71.6 Å². The predicted molar refractivity (Wildman–Crippen MR) is 136 cm³/mol. The van der Waals surface area contributed by atoms with E-state index < -0.39 is 0 Å². The summed E-state index contributed by atoms with van der Waals surface area (Å²) in [6.07, 6.45) is 1.85. The third-order valence-electron chi connectivity index (χ3n) is 6.24. The van der Waals surface area contributed by atoms with Gasteiger partial charge >= 0.3 is 6.03 Å². The fraction of sp³-hybridized carbons (Fsp3) is 0.231. The predicted octanol–water partition coefficient (Wildman–Crippen LogP) is 5.67. The summed E-state index contributed by atoms with van der Waals surface area (Å²) in [5.74, 6) is -0.128. The van der Waals surface area contributed by atoms with Crippen LogP contribution in [0.3, 0.4) is 0 Å². The van der Waals surface area contributed by atoms with Gasteiger partial charge in [0.25, 0.3) is 0 Å². The van der Waals surface area contributed by atoms with E-state index in [9.17, 15) is 4.79 Å². The summed E-state index contributed by atoms with van der Waals surface area (Å²) in [6.45, 7) is 4.01. The highest BCUT2D eigenvalue weighted by atomic mass is 32.1.